The lowest BCUT2D eigenvalue weighted by Gasteiger charge is -2.64. The third kappa shape index (κ3) is 5.82. The van der Waals surface area contributed by atoms with Crippen LogP contribution >= 0.6 is 0 Å². The fourth-order valence-electron chi connectivity index (χ4n) is 10.5. The van der Waals surface area contributed by atoms with Crippen LogP contribution in [0.15, 0.2) is 30.3 Å². The summed E-state index contributed by atoms with van der Waals surface area (Å²) in [6, 6.07) is 8.76. The second kappa shape index (κ2) is 11.8. The Morgan fingerprint density at radius 2 is 1.71 bits per heavy atom. The summed E-state index contributed by atoms with van der Waals surface area (Å²) in [6.45, 7) is 9.54. The third-order valence-electron chi connectivity index (χ3n) is 12.4. The van der Waals surface area contributed by atoms with Gasteiger partial charge in [-0.05, 0) is 109 Å². The Labute approximate surface area is 246 Å². The van der Waals surface area contributed by atoms with Crippen LogP contribution < -0.4 is 4.72 Å². The zero-order chi connectivity index (χ0) is 29.6. The summed E-state index contributed by atoms with van der Waals surface area (Å²) < 4.78 is 32.2. The number of fused-ring (bicyclic) bond motifs is 5. The van der Waals surface area contributed by atoms with Gasteiger partial charge in [-0.2, -0.15) is 0 Å². The zero-order valence-electron chi connectivity index (χ0n) is 25.3. The maximum atomic E-state index is 12.4. The molecular formula is C33H51NO6S. The number of carbonyl (C=O) groups excluding carboxylic acids is 1. The van der Waals surface area contributed by atoms with Crippen LogP contribution in [0.3, 0.4) is 0 Å². The first-order valence-electron chi connectivity index (χ1n) is 16.0. The molecule has 41 heavy (non-hydrogen) atoms. The SMILES string of the molecule is CC[C@H]1[C@@H](O)[C@@H]2[C@H](CC[C@]3(C)[C@@H]([C@H](C)CCOC(=O)NS(=O)(=O)Cc4ccccc4)CC[C@@H]23)[C@@]2(C)CC[C@@H](O)C[C@@H]12. The fraction of sp³-hybridized carbons (Fsp3) is 0.788. The highest BCUT2D eigenvalue weighted by Crippen LogP contribution is 2.69. The second-order valence-corrected chi connectivity index (χ2v) is 16.1. The number of hydrogen-bond donors (Lipinski definition) is 3. The minimum absolute atomic E-state index is 0.137. The van der Waals surface area contributed by atoms with Crippen molar-refractivity contribution < 1.29 is 28.2 Å². The summed E-state index contributed by atoms with van der Waals surface area (Å²) in [6.07, 6.45) is 7.50. The summed E-state index contributed by atoms with van der Waals surface area (Å²) in [5.41, 5.74) is 0.939. The quantitative estimate of drug-likeness (QED) is 0.348. The molecule has 0 bridgehead atoms. The normalized spacial score (nSPS) is 41.0. The van der Waals surface area contributed by atoms with Gasteiger partial charge in [-0.1, -0.05) is 64.4 Å². The van der Waals surface area contributed by atoms with Crippen LogP contribution in [0.4, 0.5) is 4.79 Å². The molecule has 1 aromatic rings. The number of amides is 1. The Balaban J connectivity index is 1.20. The molecule has 1 aromatic carbocycles. The van der Waals surface area contributed by atoms with Crippen LogP contribution in [-0.4, -0.2) is 43.5 Å². The Bertz CT molecular complexity index is 1180. The molecule has 0 unspecified atom stereocenters. The predicted octanol–water partition coefficient (Wildman–Crippen LogP) is 5.90. The Morgan fingerprint density at radius 1 is 1.02 bits per heavy atom. The first kappa shape index (κ1) is 30.8. The van der Waals surface area contributed by atoms with Gasteiger partial charge in [0, 0.05) is 0 Å². The fourth-order valence-corrected chi connectivity index (χ4v) is 11.5. The average Bonchev–Trinajstić information content (AvgIpc) is 3.27. The van der Waals surface area contributed by atoms with Gasteiger partial charge < -0.3 is 14.9 Å². The van der Waals surface area contributed by atoms with Gasteiger partial charge in [0.15, 0.2) is 0 Å². The van der Waals surface area contributed by atoms with Crippen molar-refractivity contribution in [3.8, 4) is 0 Å². The summed E-state index contributed by atoms with van der Waals surface area (Å²) >= 11 is 0. The van der Waals surface area contributed by atoms with Crippen LogP contribution in [0.25, 0.3) is 0 Å². The highest BCUT2D eigenvalue weighted by Gasteiger charge is 2.64. The highest BCUT2D eigenvalue weighted by molar-refractivity contribution is 7.89. The number of rotatable bonds is 8. The van der Waals surface area contributed by atoms with Crippen molar-refractivity contribution in [2.75, 3.05) is 6.61 Å². The number of benzene rings is 1. The Hall–Kier alpha value is -1.64. The third-order valence-corrected chi connectivity index (χ3v) is 13.6. The van der Waals surface area contributed by atoms with Crippen molar-refractivity contribution in [1.29, 1.82) is 0 Å². The second-order valence-electron chi connectivity index (χ2n) is 14.4. The van der Waals surface area contributed by atoms with E-state index in [0.717, 1.165) is 51.4 Å². The molecule has 4 fully saturated rings. The maximum Gasteiger partial charge on any atom is 0.420 e. The average molecular weight is 590 g/mol. The summed E-state index contributed by atoms with van der Waals surface area (Å²) in [5, 5.41) is 22.4. The van der Waals surface area contributed by atoms with Gasteiger partial charge in [0.2, 0.25) is 10.0 Å². The van der Waals surface area contributed by atoms with Crippen molar-refractivity contribution >= 4 is 16.1 Å². The van der Waals surface area contributed by atoms with Gasteiger partial charge in [-0.25, -0.2) is 17.9 Å². The number of nitrogens with one attached hydrogen (secondary N) is 1. The first-order valence-corrected chi connectivity index (χ1v) is 17.6. The van der Waals surface area contributed by atoms with E-state index in [9.17, 15) is 23.4 Å². The maximum absolute atomic E-state index is 12.4. The standard InChI is InChI=1S/C33H51NO6S/c1-5-24-28-19-23(35)13-16-33(28,4)27-14-17-32(3)25(11-12-26(32)29(27)30(24)36)21(2)15-18-40-31(37)34-41(38,39)20-22-9-7-6-8-10-22/h6-10,21,23-30,35-36H,5,11-20H2,1-4H3,(H,34,37)/t21-,23-,24-,25-,26+,27+,28+,29+,30-,32-,33-/m1/s1. The lowest BCUT2D eigenvalue weighted by molar-refractivity contribution is -0.203. The van der Waals surface area contributed by atoms with E-state index in [4.69, 9.17) is 4.74 Å². The molecule has 230 valence electrons. The Morgan fingerprint density at radius 3 is 2.41 bits per heavy atom. The van der Waals surface area contributed by atoms with Gasteiger partial charge in [-0.15, -0.1) is 0 Å². The van der Waals surface area contributed by atoms with Crippen molar-refractivity contribution in [2.45, 2.75) is 103 Å². The van der Waals surface area contributed by atoms with Gasteiger partial charge in [0.25, 0.3) is 0 Å². The summed E-state index contributed by atoms with van der Waals surface area (Å²) in [5.74, 6) is 2.48. The van der Waals surface area contributed by atoms with Crippen LogP contribution in [0, 0.1) is 52.3 Å². The predicted molar refractivity (Wildman–Crippen MR) is 159 cm³/mol. The van der Waals surface area contributed by atoms with Crippen LogP contribution in [0.5, 0.6) is 0 Å². The van der Waals surface area contributed by atoms with Crippen molar-refractivity contribution in [1.82, 2.24) is 4.72 Å². The molecule has 1 amide bonds. The lowest BCUT2D eigenvalue weighted by Crippen LogP contribution is -2.62. The van der Waals surface area contributed by atoms with Crippen molar-refractivity contribution in [3.63, 3.8) is 0 Å². The number of ether oxygens (including phenoxy) is 1. The molecule has 0 aliphatic heterocycles. The lowest BCUT2D eigenvalue weighted by atomic mass is 9.41. The van der Waals surface area contributed by atoms with E-state index in [2.05, 4.69) is 27.7 Å². The topological polar surface area (TPSA) is 113 Å². The van der Waals surface area contributed by atoms with Crippen LogP contribution in [0.2, 0.25) is 0 Å². The molecule has 4 aliphatic rings. The molecule has 0 saturated heterocycles. The van der Waals surface area contributed by atoms with E-state index >= 15 is 0 Å². The minimum atomic E-state index is -3.83. The molecule has 4 aliphatic carbocycles. The number of carbonyl (C=O) groups is 1. The van der Waals surface area contributed by atoms with Gasteiger partial charge in [0.05, 0.1) is 24.6 Å². The Kier molecular flexibility index (Phi) is 8.87. The molecule has 0 radical (unpaired) electrons. The molecule has 0 heterocycles. The number of aliphatic hydroxyl groups excluding tert-OH is 2. The molecule has 8 heteroatoms. The zero-order valence-corrected chi connectivity index (χ0v) is 26.1. The van der Waals surface area contributed by atoms with Crippen LogP contribution in [0.1, 0.15) is 91.0 Å². The first-order chi connectivity index (χ1) is 19.4. The minimum Gasteiger partial charge on any atom is -0.449 e. The van der Waals surface area contributed by atoms with Crippen LogP contribution in [-0.2, 0) is 20.5 Å². The number of aliphatic hydroxyl groups is 2. The summed E-state index contributed by atoms with van der Waals surface area (Å²) in [7, 11) is -3.83. The van der Waals surface area contributed by atoms with Gasteiger partial charge >= 0.3 is 6.09 Å². The molecule has 11 atom stereocenters. The molecule has 0 aromatic heterocycles. The van der Waals surface area contributed by atoms with E-state index in [1.807, 2.05) is 10.8 Å². The van der Waals surface area contributed by atoms with Crippen molar-refractivity contribution in [3.05, 3.63) is 35.9 Å². The van der Waals surface area contributed by atoms with E-state index in [0.29, 0.717) is 47.5 Å². The number of hydrogen-bond acceptors (Lipinski definition) is 6. The van der Waals surface area contributed by atoms with E-state index in [1.165, 1.54) is 0 Å². The van der Waals surface area contributed by atoms with E-state index < -0.39 is 16.1 Å². The molecular weight excluding hydrogens is 538 g/mol. The molecule has 0 spiro atoms. The van der Waals surface area contributed by atoms with Crippen molar-refractivity contribution in [2.24, 2.45) is 52.3 Å². The highest BCUT2D eigenvalue weighted by atomic mass is 32.2. The largest absolute Gasteiger partial charge is 0.449 e. The molecule has 3 N–H and O–H groups in total. The smallest absolute Gasteiger partial charge is 0.420 e. The van der Waals surface area contributed by atoms with E-state index in [1.54, 1.807) is 24.3 Å². The number of sulfonamides is 1. The molecule has 5 rings (SSSR count). The summed E-state index contributed by atoms with van der Waals surface area (Å²) in [4.78, 5) is 12.3. The monoisotopic (exact) mass is 589 g/mol. The van der Waals surface area contributed by atoms with Gasteiger partial charge in [-0.3, -0.25) is 0 Å². The van der Waals surface area contributed by atoms with E-state index in [-0.39, 0.29) is 41.3 Å². The molecule has 7 nitrogen and oxygen atoms in total. The van der Waals surface area contributed by atoms with Gasteiger partial charge in [0.1, 0.15) is 0 Å². The molecule has 4 saturated carbocycles.